The molecule has 0 heterocycles. The second-order valence-electron chi connectivity index (χ2n) is 4.89. The lowest BCUT2D eigenvalue weighted by Gasteiger charge is -2.12. The van der Waals surface area contributed by atoms with E-state index in [1.165, 1.54) is 13.2 Å². The molecule has 0 atom stereocenters. The SMILES string of the molecule is C#CCOc1c(I)cc(/C=C(\C#N)C(=O)c2ccccc2)cc1OC. The van der Waals surface area contributed by atoms with E-state index in [9.17, 15) is 10.1 Å². The van der Waals surface area contributed by atoms with Crippen molar-refractivity contribution in [1.82, 2.24) is 0 Å². The van der Waals surface area contributed by atoms with E-state index in [0.29, 0.717) is 22.6 Å². The maximum absolute atomic E-state index is 12.5. The van der Waals surface area contributed by atoms with Crippen molar-refractivity contribution in [2.75, 3.05) is 13.7 Å². The maximum Gasteiger partial charge on any atom is 0.203 e. The van der Waals surface area contributed by atoms with Crippen LogP contribution in [0.25, 0.3) is 6.08 Å². The van der Waals surface area contributed by atoms with E-state index in [2.05, 4.69) is 28.5 Å². The number of terminal acetylenes is 1. The molecule has 124 valence electrons. The summed E-state index contributed by atoms with van der Waals surface area (Å²) in [5, 5.41) is 9.37. The first-order valence-corrected chi connectivity index (χ1v) is 8.34. The lowest BCUT2D eigenvalue weighted by atomic mass is 10.0. The molecule has 0 unspecified atom stereocenters. The first kappa shape index (κ1) is 18.6. The van der Waals surface area contributed by atoms with Crippen molar-refractivity contribution in [3.8, 4) is 29.9 Å². The number of allylic oxidation sites excluding steroid dienone is 1. The number of benzene rings is 2. The van der Waals surface area contributed by atoms with Gasteiger partial charge >= 0.3 is 0 Å². The van der Waals surface area contributed by atoms with Crippen LogP contribution in [0, 0.1) is 27.2 Å². The number of rotatable bonds is 6. The summed E-state index contributed by atoms with van der Waals surface area (Å²) in [7, 11) is 1.52. The van der Waals surface area contributed by atoms with Crippen molar-refractivity contribution in [3.63, 3.8) is 0 Å². The molecular formula is C20H14INO3. The largest absolute Gasteiger partial charge is 0.493 e. The smallest absolute Gasteiger partial charge is 0.203 e. The molecule has 0 fully saturated rings. The highest BCUT2D eigenvalue weighted by Crippen LogP contribution is 2.34. The third kappa shape index (κ3) is 4.62. The van der Waals surface area contributed by atoms with Crippen LogP contribution in [-0.2, 0) is 0 Å². The van der Waals surface area contributed by atoms with Crippen molar-refractivity contribution in [2.45, 2.75) is 0 Å². The Morgan fingerprint density at radius 1 is 1.32 bits per heavy atom. The number of carbonyl (C=O) groups excluding carboxylic acids is 1. The van der Waals surface area contributed by atoms with Crippen LogP contribution >= 0.6 is 22.6 Å². The summed E-state index contributed by atoms with van der Waals surface area (Å²) in [5.41, 5.74) is 1.17. The number of hydrogen-bond donors (Lipinski definition) is 0. The van der Waals surface area contributed by atoms with Gasteiger partial charge in [0.15, 0.2) is 11.5 Å². The van der Waals surface area contributed by atoms with E-state index in [-0.39, 0.29) is 18.0 Å². The first-order valence-electron chi connectivity index (χ1n) is 7.26. The topological polar surface area (TPSA) is 59.3 Å². The first-order chi connectivity index (χ1) is 12.1. The molecule has 0 aromatic heterocycles. The maximum atomic E-state index is 12.5. The van der Waals surface area contributed by atoms with Gasteiger partial charge in [0.1, 0.15) is 18.2 Å². The number of Topliss-reactive ketones (excluding diaryl/α,β-unsaturated/α-hetero) is 1. The molecule has 0 saturated carbocycles. The number of hydrogen-bond acceptors (Lipinski definition) is 4. The zero-order chi connectivity index (χ0) is 18.2. The lowest BCUT2D eigenvalue weighted by Crippen LogP contribution is -2.02. The molecule has 0 aliphatic carbocycles. The lowest BCUT2D eigenvalue weighted by molar-refractivity contribution is 0.104. The van der Waals surface area contributed by atoms with E-state index in [4.69, 9.17) is 15.9 Å². The van der Waals surface area contributed by atoms with Gasteiger partial charge in [-0.1, -0.05) is 36.3 Å². The Bertz CT molecular complexity index is 890. The number of ether oxygens (including phenoxy) is 2. The second kappa shape index (κ2) is 8.91. The van der Waals surface area contributed by atoms with Gasteiger partial charge < -0.3 is 9.47 Å². The summed E-state index contributed by atoms with van der Waals surface area (Å²) in [6.45, 7) is 0.123. The van der Waals surface area contributed by atoms with Crippen LogP contribution in [-0.4, -0.2) is 19.5 Å². The minimum Gasteiger partial charge on any atom is -0.493 e. The number of nitrogens with zero attached hydrogens (tertiary/aromatic N) is 1. The van der Waals surface area contributed by atoms with Gasteiger partial charge in [-0.05, 0) is 46.4 Å². The van der Waals surface area contributed by atoms with Gasteiger partial charge in [-0.15, -0.1) is 6.42 Å². The average Bonchev–Trinajstić information content (AvgIpc) is 2.65. The minimum atomic E-state index is -0.329. The fraction of sp³-hybridized carbons (Fsp3) is 0.100. The molecule has 2 aromatic carbocycles. The Labute approximate surface area is 160 Å². The van der Waals surface area contributed by atoms with E-state index >= 15 is 0 Å². The molecule has 4 nitrogen and oxygen atoms in total. The van der Waals surface area contributed by atoms with Crippen LogP contribution in [0.15, 0.2) is 48.0 Å². The van der Waals surface area contributed by atoms with Crippen molar-refractivity contribution in [2.24, 2.45) is 0 Å². The second-order valence-corrected chi connectivity index (χ2v) is 6.05. The Morgan fingerprint density at radius 2 is 2.04 bits per heavy atom. The Balaban J connectivity index is 2.42. The van der Waals surface area contributed by atoms with Crippen molar-refractivity contribution in [3.05, 3.63) is 62.7 Å². The fourth-order valence-electron chi connectivity index (χ4n) is 2.14. The van der Waals surface area contributed by atoms with Gasteiger partial charge in [-0.3, -0.25) is 4.79 Å². The highest BCUT2D eigenvalue weighted by molar-refractivity contribution is 14.1. The van der Waals surface area contributed by atoms with E-state index < -0.39 is 0 Å². The molecule has 0 aliphatic rings. The van der Waals surface area contributed by atoms with Crippen LogP contribution in [0.5, 0.6) is 11.5 Å². The average molecular weight is 443 g/mol. The molecule has 0 aliphatic heterocycles. The summed E-state index contributed by atoms with van der Waals surface area (Å²) in [6, 6.07) is 14.1. The van der Waals surface area contributed by atoms with E-state index in [1.54, 1.807) is 36.4 Å². The van der Waals surface area contributed by atoms with Gasteiger partial charge in [-0.25, -0.2) is 0 Å². The Morgan fingerprint density at radius 3 is 2.64 bits per heavy atom. The Kier molecular flexibility index (Phi) is 6.62. The summed E-state index contributed by atoms with van der Waals surface area (Å²) in [5.74, 6) is 3.09. The van der Waals surface area contributed by atoms with Crippen LogP contribution in [0.3, 0.4) is 0 Å². The van der Waals surface area contributed by atoms with Gasteiger partial charge in [0, 0.05) is 5.56 Å². The predicted molar refractivity (Wildman–Crippen MR) is 104 cm³/mol. The number of ketones is 1. The van der Waals surface area contributed by atoms with Crippen LogP contribution in [0.2, 0.25) is 0 Å². The van der Waals surface area contributed by atoms with Gasteiger partial charge in [0.25, 0.3) is 0 Å². The number of methoxy groups -OCH3 is 1. The zero-order valence-corrected chi connectivity index (χ0v) is 15.6. The van der Waals surface area contributed by atoms with Crippen molar-refractivity contribution in [1.29, 1.82) is 5.26 Å². The fourth-order valence-corrected chi connectivity index (χ4v) is 2.92. The van der Waals surface area contributed by atoms with Crippen molar-refractivity contribution < 1.29 is 14.3 Å². The molecule has 25 heavy (non-hydrogen) atoms. The summed E-state index contributed by atoms with van der Waals surface area (Å²) < 4.78 is 11.6. The van der Waals surface area contributed by atoms with Gasteiger partial charge in [0.2, 0.25) is 5.78 Å². The standard InChI is InChI=1S/C20H14INO3/c1-3-9-25-20-17(21)11-14(12-18(20)24-2)10-16(13-22)19(23)15-7-5-4-6-8-15/h1,4-8,10-12H,9H2,2H3/b16-10+. The molecule has 0 radical (unpaired) electrons. The molecule has 0 N–H and O–H groups in total. The summed E-state index contributed by atoms with van der Waals surface area (Å²) >= 11 is 2.09. The molecule has 5 heteroatoms. The van der Waals surface area contributed by atoms with Crippen molar-refractivity contribution >= 4 is 34.5 Å². The van der Waals surface area contributed by atoms with Gasteiger partial charge in [0.05, 0.1) is 10.7 Å². The van der Waals surface area contributed by atoms with E-state index in [0.717, 1.165) is 3.57 Å². The number of halogens is 1. The van der Waals surface area contributed by atoms with Crippen LogP contribution in [0.4, 0.5) is 0 Å². The third-order valence-electron chi connectivity index (χ3n) is 3.26. The van der Waals surface area contributed by atoms with E-state index in [1.807, 2.05) is 12.1 Å². The summed E-state index contributed by atoms with van der Waals surface area (Å²) in [4.78, 5) is 12.5. The number of nitriles is 1. The summed E-state index contributed by atoms with van der Waals surface area (Å²) in [6.07, 6.45) is 6.75. The highest BCUT2D eigenvalue weighted by Gasteiger charge is 2.14. The van der Waals surface area contributed by atoms with Crippen LogP contribution < -0.4 is 9.47 Å². The molecule has 2 rings (SSSR count). The quantitative estimate of drug-likeness (QED) is 0.222. The minimum absolute atomic E-state index is 0.0429. The molecule has 2 aromatic rings. The Hall–Kier alpha value is -2.77. The normalized spacial score (nSPS) is 10.5. The zero-order valence-electron chi connectivity index (χ0n) is 13.5. The number of carbonyl (C=O) groups is 1. The molecule has 0 bridgehead atoms. The molecular weight excluding hydrogens is 429 g/mol. The van der Waals surface area contributed by atoms with Crippen LogP contribution in [0.1, 0.15) is 15.9 Å². The third-order valence-corrected chi connectivity index (χ3v) is 4.06. The molecule has 0 saturated heterocycles. The highest BCUT2D eigenvalue weighted by atomic mass is 127. The molecule has 0 spiro atoms. The molecule has 0 amide bonds. The predicted octanol–water partition coefficient (Wildman–Crippen LogP) is 4.10. The van der Waals surface area contributed by atoms with Gasteiger partial charge in [-0.2, -0.15) is 5.26 Å². The monoisotopic (exact) mass is 443 g/mol.